The second-order valence-corrected chi connectivity index (χ2v) is 11.4. The molecule has 0 radical (unpaired) electrons. The molecule has 0 aromatic carbocycles. The third kappa shape index (κ3) is 8.34. The molecular formula is C26H35F3N4OS. The number of nitrogens with zero attached hydrogens (tertiary/aromatic N) is 4. The summed E-state index contributed by atoms with van der Waals surface area (Å²) >= 11 is 1.51. The summed E-state index contributed by atoms with van der Waals surface area (Å²) in [4.78, 5) is 19.5. The fourth-order valence-electron chi connectivity index (χ4n) is 5.37. The summed E-state index contributed by atoms with van der Waals surface area (Å²) in [6.45, 7) is 4.86. The Morgan fingerprint density at radius 1 is 1.09 bits per heavy atom. The van der Waals surface area contributed by atoms with Gasteiger partial charge >= 0.3 is 6.18 Å². The Bertz CT molecular complexity index is 985. The van der Waals surface area contributed by atoms with E-state index < -0.39 is 12.6 Å². The van der Waals surface area contributed by atoms with Crippen molar-refractivity contribution in [2.45, 2.75) is 83.7 Å². The monoisotopic (exact) mass is 508 g/mol. The molecule has 1 aliphatic heterocycles. The van der Waals surface area contributed by atoms with E-state index in [4.69, 9.17) is 0 Å². The number of aryl methyl sites for hydroxylation is 2. The van der Waals surface area contributed by atoms with Crippen molar-refractivity contribution in [2.24, 2.45) is 11.8 Å². The van der Waals surface area contributed by atoms with Crippen LogP contribution in [0.15, 0.2) is 12.1 Å². The van der Waals surface area contributed by atoms with Gasteiger partial charge in [-0.3, -0.25) is 9.78 Å². The molecule has 2 aliphatic rings. The fourth-order valence-corrected chi connectivity index (χ4v) is 6.11. The van der Waals surface area contributed by atoms with Crippen LogP contribution in [0.3, 0.4) is 0 Å². The highest BCUT2D eigenvalue weighted by Crippen LogP contribution is 2.33. The third-order valence-corrected chi connectivity index (χ3v) is 8.24. The zero-order chi connectivity index (χ0) is 24.8. The highest BCUT2D eigenvalue weighted by atomic mass is 32.1. The number of hydrogen-bond acceptors (Lipinski definition) is 6. The Kier molecular flexibility index (Phi) is 8.92. The smallest absolute Gasteiger partial charge is 0.303 e. The molecule has 5 nitrogen and oxygen atoms in total. The van der Waals surface area contributed by atoms with E-state index in [0.29, 0.717) is 30.4 Å². The van der Waals surface area contributed by atoms with Crippen LogP contribution in [0.2, 0.25) is 0 Å². The molecule has 0 N–H and O–H groups in total. The van der Waals surface area contributed by atoms with Crippen LogP contribution in [0.25, 0.3) is 0 Å². The van der Waals surface area contributed by atoms with Crippen LogP contribution in [0.5, 0.6) is 0 Å². The van der Waals surface area contributed by atoms with Crippen molar-refractivity contribution < 1.29 is 18.0 Å². The molecule has 1 fully saturated rings. The topological polar surface area (TPSA) is 59.0 Å². The van der Waals surface area contributed by atoms with Gasteiger partial charge in [0.1, 0.15) is 15.8 Å². The highest BCUT2D eigenvalue weighted by Gasteiger charge is 2.27. The lowest BCUT2D eigenvalue weighted by Crippen LogP contribution is -2.29. The fraction of sp³-hybridized carbons (Fsp3) is 0.692. The van der Waals surface area contributed by atoms with Gasteiger partial charge in [0, 0.05) is 43.7 Å². The number of aromatic nitrogens is 3. The number of fused-ring (bicyclic) bond motifs is 1. The lowest BCUT2D eigenvalue weighted by molar-refractivity contribution is -0.134. The summed E-state index contributed by atoms with van der Waals surface area (Å²) in [7, 11) is 0. The van der Waals surface area contributed by atoms with E-state index in [1.165, 1.54) is 36.2 Å². The van der Waals surface area contributed by atoms with Gasteiger partial charge in [0.2, 0.25) is 0 Å². The minimum atomic E-state index is -4.14. The van der Waals surface area contributed by atoms with Crippen LogP contribution in [-0.2, 0) is 30.5 Å². The van der Waals surface area contributed by atoms with Crippen molar-refractivity contribution in [3.63, 3.8) is 0 Å². The number of rotatable bonds is 9. The minimum absolute atomic E-state index is 0.0451. The van der Waals surface area contributed by atoms with Gasteiger partial charge in [-0.1, -0.05) is 18.9 Å². The zero-order valence-corrected chi connectivity index (χ0v) is 21.3. The van der Waals surface area contributed by atoms with Crippen molar-refractivity contribution in [2.75, 3.05) is 19.6 Å². The average Bonchev–Trinajstić information content (AvgIpc) is 3.10. The molecule has 3 heterocycles. The molecule has 0 amide bonds. The normalized spacial score (nSPS) is 21.5. The summed E-state index contributed by atoms with van der Waals surface area (Å²) in [5.74, 6) is 1.49. The van der Waals surface area contributed by atoms with Crippen LogP contribution >= 0.6 is 11.3 Å². The molecule has 9 heteroatoms. The lowest BCUT2D eigenvalue weighted by Gasteiger charge is -2.30. The Morgan fingerprint density at radius 3 is 2.54 bits per heavy atom. The van der Waals surface area contributed by atoms with E-state index in [0.717, 1.165) is 61.0 Å². The van der Waals surface area contributed by atoms with Crippen molar-refractivity contribution in [3.8, 4) is 0 Å². The second-order valence-electron chi connectivity index (χ2n) is 10.2. The Balaban J connectivity index is 1.16. The molecule has 0 spiro atoms. The van der Waals surface area contributed by atoms with E-state index >= 15 is 0 Å². The second kappa shape index (κ2) is 11.9. The maximum absolute atomic E-state index is 12.5. The Labute approximate surface area is 209 Å². The van der Waals surface area contributed by atoms with Crippen LogP contribution < -0.4 is 0 Å². The Hall–Kier alpha value is -1.87. The molecule has 35 heavy (non-hydrogen) atoms. The van der Waals surface area contributed by atoms with E-state index in [-0.39, 0.29) is 12.2 Å². The average molecular weight is 509 g/mol. The van der Waals surface area contributed by atoms with E-state index in [9.17, 15) is 18.0 Å². The molecule has 0 unspecified atom stereocenters. The number of hydrogen-bond donors (Lipinski definition) is 0. The summed E-state index contributed by atoms with van der Waals surface area (Å²) in [6.07, 6.45) is 3.59. The SMILES string of the molecule is Cc1nnc(CC(=O)CC2CCC(CCN3CCc4ccc(CCC(F)(F)F)nc4CC3)CC2)s1. The molecule has 4 rings (SSSR count). The first-order valence-corrected chi connectivity index (χ1v) is 13.6. The molecule has 2 aromatic rings. The number of alkyl halides is 3. The van der Waals surface area contributed by atoms with Gasteiger partial charge in [0.05, 0.1) is 6.42 Å². The van der Waals surface area contributed by atoms with E-state index in [1.807, 2.05) is 13.0 Å². The predicted octanol–water partition coefficient (Wildman–Crippen LogP) is 5.54. The van der Waals surface area contributed by atoms with Gasteiger partial charge in [-0.15, -0.1) is 21.5 Å². The van der Waals surface area contributed by atoms with Crippen LogP contribution in [0.1, 0.15) is 71.9 Å². The van der Waals surface area contributed by atoms with Gasteiger partial charge in [-0.05, 0) is 69.0 Å². The number of carbonyl (C=O) groups excluding carboxylic acids is 1. The number of halogens is 3. The van der Waals surface area contributed by atoms with Gasteiger partial charge in [0.15, 0.2) is 0 Å². The van der Waals surface area contributed by atoms with E-state index in [1.54, 1.807) is 6.07 Å². The summed E-state index contributed by atoms with van der Waals surface area (Å²) in [5, 5.41) is 9.80. The molecule has 2 aromatic heterocycles. The third-order valence-electron chi connectivity index (χ3n) is 7.41. The maximum atomic E-state index is 12.5. The quantitative estimate of drug-likeness (QED) is 0.445. The Morgan fingerprint density at radius 2 is 1.83 bits per heavy atom. The lowest BCUT2D eigenvalue weighted by atomic mass is 9.78. The summed E-state index contributed by atoms with van der Waals surface area (Å²) < 4.78 is 37.6. The van der Waals surface area contributed by atoms with Gasteiger partial charge in [0.25, 0.3) is 0 Å². The molecule has 192 valence electrons. The highest BCUT2D eigenvalue weighted by molar-refractivity contribution is 7.11. The summed E-state index contributed by atoms with van der Waals surface area (Å²) in [6, 6.07) is 3.74. The molecule has 1 saturated carbocycles. The van der Waals surface area contributed by atoms with Gasteiger partial charge in [-0.25, -0.2) is 0 Å². The number of carbonyl (C=O) groups is 1. The molecule has 1 aliphatic carbocycles. The zero-order valence-electron chi connectivity index (χ0n) is 20.4. The van der Waals surface area contributed by atoms with Crippen molar-refractivity contribution >= 4 is 17.1 Å². The minimum Gasteiger partial charge on any atom is -0.303 e. The van der Waals surface area contributed by atoms with Crippen molar-refractivity contribution in [1.29, 1.82) is 0 Å². The van der Waals surface area contributed by atoms with Crippen LogP contribution in [-0.4, -0.2) is 51.7 Å². The largest absolute Gasteiger partial charge is 0.389 e. The standard InChI is InChI=1S/C26H35F3N4OS/c1-18-31-32-25(35-18)17-23(34)16-20-4-2-19(3-5-20)9-13-33-14-10-21-6-7-22(8-12-26(27,28)29)30-24(21)11-15-33/h6-7,19-20H,2-5,8-17H2,1H3. The predicted molar refractivity (Wildman–Crippen MR) is 131 cm³/mol. The van der Waals surface area contributed by atoms with Crippen molar-refractivity contribution in [3.05, 3.63) is 39.1 Å². The number of Topliss-reactive ketones (excluding diaryl/α,β-unsaturated/α-hetero) is 1. The van der Waals surface area contributed by atoms with E-state index in [2.05, 4.69) is 20.1 Å². The molecule has 0 bridgehead atoms. The molecule has 0 atom stereocenters. The van der Waals surface area contributed by atoms with Crippen molar-refractivity contribution in [1.82, 2.24) is 20.1 Å². The first-order valence-electron chi connectivity index (χ1n) is 12.8. The summed E-state index contributed by atoms with van der Waals surface area (Å²) in [5.41, 5.74) is 2.70. The maximum Gasteiger partial charge on any atom is 0.389 e. The molecule has 0 saturated heterocycles. The number of ketones is 1. The van der Waals surface area contributed by atoms with Gasteiger partial charge in [-0.2, -0.15) is 13.2 Å². The van der Waals surface area contributed by atoms with Gasteiger partial charge < -0.3 is 4.90 Å². The number of pyridine rings is 1. The van der Waals surface area contributed by atoms with Crippen LogP contribution in [0.4, 0.5) is 13.2 Å². The van der Waals surface area contributed by atoms with Crippen LogP contribution in [0, 0.1) is 18.8 Å². The first-order chi connectivity index (χ1) is 16.7. The molecular weight excluding hydrogens is 473 g/mol. The first kappa shape index (κ1) is 26.2.